The molecule has 2 N–H and O–H groups in total. The van der Waals surface area contributed by atoms with Crippen molar-refractivity contribution >= 4 is 18.0 Å². The monoisotopic (exact) mass is 484 g/mol. The van der Waals surface area contributed by atoms with Crippen molar-refractivity contribution in [2.45, 2.75) is 26.5 Å². The highest BCUT2D eigenvalue weighted by Gasteiger charge is 2.24. The summed E-state index contributed by atoms with van der Waals surface area (Å²) in [6.45, 7) is 3.91. The standard InChI is InChI=1S/C28H28N4O4/c1-19(2)26(31-27(33)21-9-5-4-6-10-21)28(34)32-30-17-20-13-14-24(25(15-20)35-3)36-18-23-12-8-7-11-22(23)16-29/h4-15,17,19,26H,18H2,1-3H3,(H,31,33)(H,32,34). The van der Waals surface area contributed by atoms with Crippen molar-refractivity contribution in [2.75, 3.05) is 7.11 Å². The number of nitrogens with one attached hydrogen (secondary N) is 2. The highest BCUT2D eigenvalue weighted by Crippen LogP contribution is 2.28. The lowest BCUT2D eigenvalue weighted by Gasteiger charge is -2.20. The van der Waals surface area contributed by atoms with E-state index in [2.05, 4.69) is 21.9 Å². The van der Waals surface area contributed by atoms with E-state index in [0.29, 0.717) is 28.2 Å². The molecule has 36 heavy (non-hydrogen) atoms. The van der Waals surface area contributed by atoms with Crippen LogP contribution in [0.25, 0.3) is 0 Å². The van der Waals surface area contributed by atoms with Crippen LogP contribution in [0.2, 0.25) is 0 Å². The van der Waals surface area contributed by atoms with Crippen LogP contribution in [0.4, 0.5) is 0 Å². The van der Waals surface area contributed by atoms with E-state index < -0.39 is 11.9 Å². The van der Waals surface area contributed by atoms with Gasteiger partial charge in [0, 0.05) is 11.1 Å². The molecule has 0 heterocycles. The lowest BCUT2D eigenvalue weighted by atomic mass is 10.0. The largest absolute Gasteiger partial charge is 0.493 e. The lowest BCUT2D eigenvalue weighted by molar-refractivity contribution is -0.123. The summed E-state index contributed by atoms with van der Waals surface area (Å²) in [6, 6.07) is 22.6. The first kappa shape index (κ1) is 26.0. The number of amides is 2. The average molecular weight is 485 g/mol. The number of methoxy groups -OCH3 is 1. The van der Waals surface area contributed by atoms with Gasteiger partial charge in [-0.05, 0) is 47.9 Å². The Morgan fingerprint density at radius 1 is 1.03 bits per heavy atom. The topological polar surface area (TPSA) is 113 Å². The maximum absolute atomic E-state index is 12.7. The van der Waals surface area contributed by atoms with Crippen LogP contribution in [0.1, 0.15) is 40.9 Å². The minimum absolute atomic E-state index is 0.143. The molecule has 0 bridgehead atoms. The quantitative estimate of drug-likeness (QED) is 0.333. The van der Waals surface area contributed by atoms with E-state index in [9.17, 15) is 14.9 Å². The van der Waals surface area contributed by atoms with Gasteiger partial charge in [-0.15, -0.1) is 0 Å². The molecule has 3 aromatic carbocycles. The van der Waals surface area contributed by atoms with Crippen LogP contribution < -0.4 is 20.2 Å². The number of benzene rings is 3. The van der Waals surface area contributed by atoms with Gasteiger partial charge < -0.3 is 14.8 Å². The normalized spacial score (nSPS) is 11.5. The second-order valence-corrected chi connectivity index (χ2v) is 8.26. The van der Waals surface area contributed by atoms with E-state index in [0.717, 1.165) is 5.56 Å². The third kappa shape index (κ3) is 6.93. The number of hydrogen-bond donors (Lipinski definition) is 2. The van der Waals surface area contributed by atoms with Crippen molar-refractivity contribution in [1.29, 1.82) is 5.26 Å². The van der Waals surface area contributed by atoms with E-state index in [1.807, 2.05) is 32.0 Å². The van der Waals surface area contributed by atoms with Crippen LogP contribution >= 0.6 is 0 Å². The van der Waals surface area contributed by atoms with E-state index in [1.54, 1.807) is 54.6 Å². The van der Waals surface area contributed by atoms with Crippen molar-refractivity contribution in [2.24, 2.45) is 11.0 Å². The van der Waals surface area contributed by atoms with Crippen LogP contribution in [-0.4, -0.2) is 31.2 Å². The van der Waals surface area contributed by atoms with Gasteiger partial charge in [0.2, 0.25) is 0 Å². The fourth-order valence-corrected chi connectivity index (χ4v) is 3.38. The van der Waals surface area contributed by atoms with Crippen LogP contribution in [-0.2, 0) is 11.4 Å². The third-order valence-corrected chi connectivity index (χ3v) is 5.37. The average Bonchev–Trinajstić information content (AvgIpc) is 2.91. The Balaban J connectivity index is 1.62. The second-order valence-electron chi connectivity index (χ2n) is 8.26. The predicted octanol–water partition coefficient (Wildman–Crippen LogP) is 4.05. The molecule has 0 saturated carbocycles. The molecular weight excluding hydrogens is 456 g/mol. The Bertz CT molecular complexity index is 1270. The maximum atomic E-state index is 12.7. The van der Waals surface area contributed by atoms with E-state index >= 15 is 0 Å². The number of rotatable bonds is 10. The molecule has 8 nitrogen and oxygen atoms in total. The van der Waals surface area contributed by atoms with Gasteiger partial charge >= 0.3 is 0 Å². The molecule has 8 heteroatoms. The zero-order valence-electron chi connectivity index (χ0n) is 20.4. The van der Waals surface area contributed by atoms with E-state index in [-0.39, 0.29) is 18.4 Å². The van der Waals surface area contributed by atoms with Gasteiger partial charge in [0.1, 0.15) is 12.6 Å². The van der Waals surface area contributed by atoms with Crippen LogP contribution in [0, 0.1) is 17.2 Å². The van der Waals surface area contributed by atoms with Crippen LogP contribution in [0.3, 0.4) is 0 Å². The van der Waals surface area contributed by atoms with Gasteiger partial charge in [0.05, 0.1) is 25.0 Å². The third-order valence-electron chi connectivity index (χ3n) is 5.37. The van der Waals surface area contributed by atoms with Crippen molar-refractivity contribution in [3.63, 3.8) is 0 Å². The molecule has 3 aromatic rings. The minimum atomic E-state index is -0.753. The Morgan fingerprint density at radius 3 is 2.44 bits per heavy atom. The van der Waals surface area contributed by atoms with Gasteiger partial charge in [0.25, 0.3) is 11.8 Å². The molecule has 1 atom stereocenters. The molecule has 184 valence electrons. The van der Waals surface area contributed by atoms with Gasteiger partial charge in [-0.2, -0.15) is 10.4 Å². The molecular formula is C28H28N4O4. The smallest absolute Gasteiger partial charge is 0.262 e. The minimum Gasteiger partial charge on any atom is -0.493 e. The Morgan fingerprint density at radius 2 is 1.75 bits per heavy atom. The Kier molecular flexibility index (Phi) is 9.18. The maximum Gasteiger partial charge on any atom is 0.262 e. The summed E-state index contributed by atoms with van der Waals surface area (Å²) in [5, 5.41) is 16.0. The zero-order valence-corrected chi connectivity index (χ0v) is 20.4. The van der Waals surface area contributed by atoms with E-state index in [4.69, 9.17) is 9.47 Å². The van der Waals surface area contributed by atoms with Crippen molar-refractivity contribution in [1.82, 2.24) is 10.7 Å². The van der Waals surface area contributed by atoms with Crippen LogP contribution in [0.15, 0.2) is 77.9 Å². The molecule has 0 saturated heterocycles. The number of hydrazone groups is 1. The number of nitriles is 1. The summed E-state index contributed by atoms with van der Waals surface area (Å²) >= 11 is 0. The summed E-state index contributed by atoms with van der Waals surface area (Å²) < 4.78 is 11.3. The van der Waals surface area contributed by atoms with Crippen LogP contribution in [0.5, 0.6) is 11.5 Å². The number of hydrogen-bond acceptors (Lipinski definition) is 6. The Hall–Kier alpha value is -4.64. The second kappa shape index (κ2) is 12.7. The molecule has 3 rings (SSSR count). The molecule has 0 aliphatic carbocycles. The highest BCUT2D eigenvalue weighted by molar-refractivity contribution is 5.97. The lowest BCUT2D eigenvalue weighted by Crippen LogP contribution is -2.48. The number of carbonyl (C=O) groups is 2. The molecule has 0 radical (unpaired) electrons. The van der Waals surface area contributed by atoms with E-state index in [1.165, 1.54) is 13.3 Å². The zero-order chi connectivity index (χ0) is 25.9. The van der Waals surface area contributed by atoms with Gasteiger partial charge in [-0.25, -0.2) is 5.43 Å². The first-order valence-corrected chi connectivity index (χ1v) is 11.4. The molecule has 1 unspecified atom stereocenters. The highest BCUT2D eigenvalue weighted by atomic mass is 16.5. The summed E-state index contributed by atoms with van der Waals surface area (Å²) in [5.74, 6) is 0.0973. The number of nitrogens with zero attached hydrogens (tertiary/aromatic N) is 2. The Labute approximate surface area is 210 Å². The first-order valence-electron chi connectivity index (χ1n) is 11.4. The molecule has 0 aromatic heterocycles. The SMILES string of the molecule is COc1cc(C=NNC(=O)C(NC(=O)c2ccccc2)C(C)C)ccc1OCc1ccccc1C#N. The van der Waals surface area contributed by atoms with Gasteiger partial charge in [-0.1, -0.05) is 50.2 Å². The number of ether oxygens (including phenoxy) is 2. The number of carbonyl (C=O) groups excluding carboxylic acids is 2. The fourth-order valence-electron chi connectivity index (χ4n) is 3.38. The molecule has 0 fully saturated rings. The van der Waals surface area contributed by atoms with Gasteiger partial charge in [-0.3, -0.25) is 9.59 Å². The summed E-state index contributed by atoms with van der Waals surface area (Å²) in [6.07, 6.45) is 1.48. The summed E-state index contributed by atoms with van der Waals surface area (Å²) in [4.78, 5) is 25.2. The van der Waals surface area contributed by atoms with Crippen molar-refractivity contribution in [3.8, 4) is 17.6 Å². The fraction of sp³-hybridized carbons (Fsp3) is 0.214. The molecule has 2 amide bonds. The van der Waals surface area contributed by atoms with Crippen molar-refractivity contribution < 1.29 is 19.1 Å². The predicted molar refractivity (Wildman–Crippen MR) is 137 cm³/mol. The first-order chi connectivity index (χ1) is 17.4. The molecule has 0 spiro atoms. The molecule has 0 aliphatic rings. The summed E-state index contributed by atoms with van der Waals surface area (Å²) in [5.41, 5.74) is 4.97. The summed E-state index contributed by atoms with van der Waals surface area (Å²) in [7, 11) is 1.52. The van der Waals surface area contributed by atoms with Crippen molar-refractivity contribution in [3.05, 3.63) is 95.1 Å². The van der Waals surface area contributed by atoms with Gasteiger partial charge in [0.15, 0.2) is 11.5 Å². The molecule has 0 aliphatic heterocycles.